The second kappa shape index (κ2) is 4.80. The van der Waals surface area contributed by atoms with Crippen LogP contribution in [0, 0.1) is 5.92 Å². The van der Waals surface area contributed by atoms with Crippen molar-refractivity contribution in [2.45, 2.75) is 38.1 Å². The molecule has 1 saturated carbocycles. The molecule has 2 aliphatic rings. The Morgan fingerprint density at radius 2 is 1.87 bits per heavy atom. The molecular weight excluding hydrogens is 212 g/mol. The first-order valence-corrected chi connectivity index (χ1v) is 7.52. The lowest BCUT2D eigenvalue weighted by Crippen LogP contribution is -2.44. The Bertz CT molecular complexity index is 293. The molecule has 5 heteroatoms. The number of rotatable bonds is 5. The zero-order valence-electron chi connectivity index (χ0n) is 9.04. The van der Waals surface area contributed by atoms with Gasteiger partial charge in [0.25, 0.3) is 0 Å². The predicted octanol–water partition coefficient (Wildman–Crippen LogP) is 0.458. The summed E-state index contributed by atoms with van der Waals surface area (Å²) in [6.07, 6.45) is 5.17. The molecule has 1 aliphatic carbocycles. The van der Waals surface area contributed by atoms with Crippen LogP contribution in [0.25, 0.3) is 0 Å². The van der Waals surface area contributed by atoms with Crippen molar-refractivity contribution in [1.82, 2.24) is 10.0 Å². The maximum Gasteiger partial charge on any atom is 0.211 e. The van der Waals surface area contributed by atoms with E-state index in [-0.39, 0.29) is 6.04 Å². The van der Waals surface area contributed by atoms with E-state index in [2.05, 4.69) is 10.0 Å². The summed E-state index contributed by atoms with van der Waals surface area (Å²) in [7, 11) is -3.01. The SMILES string of the molecule is O=S(=O)(CCC1CNC1)NC1CCCC1. The Morgan fingerprint density at radius 3 is 2.40 bits per heavy atom. The van der Waals surface area contributed by atoms with Crippen LogP contribution in [0.15, 0.2) is 0 Å². The van der Waals surface area contributed by atoms with Gasteiger partial charge < -0.3 is 5.32 Å². The molecule has 0 bridgehead atoms. The van der Waals surface area contributed by atoms with Gasteiger partial charge in [0.15, 0.2) is 0 Å². The molecule has 0 aromatic heterocycles. The maximum absolute atomic E-state index is 11.7. The fraction of sp³-hybridized carbons (Fsp3) is 1.00. The number of hydrogen-bond donors (Lipinski definition) is 2. The summed E-state index contributed by atoms with van der Waals surface area (Å²) in [6, 6.07) is 0.217. The first kappa shape index (κ1) is 11.4. The van der Waals surface area contributed by atoms with E-state index in [1.165, 1.54) is 12.8 Å². The first-order valence-electron chi connectivity index (χ1n) is 5.86. The molecule has 1 saturated heterocycles. The molecule has 0 atom stereocenters. The van der Waals surface area contributed by atoms with E-state index in [4.69, 9.17) is 0 Å². The molecule has 0 spiro atoms. The highest BCUT2D eigenvalue weighted by molar-refractivity contribution is 7.89. The quantitative estimate of drug-likeness (QED) is 0.724. The first-order chi connectivity index (χ1) is 7.16. The molecule has 1 heterocycles. The molecule has 2 fully saturated rings. The summed E-state index contributed by atoms with van der Waals surface area (Å²) in [4.78, 5) is 0. The Balaban J connectivity index is 1.72. The topological polar surface area (TPSA) is 58.2 Å². The molecule has 0 unspecified atom stereocenters. The van der Waals surface area contributed by atoms with Crippen molar-refractivity contribution in [2.75, 3.05) is 18.8 Å². The van der Waals surface area contributed by atoms with E-state index in [1.807, 2.05) is 0 Å². The third kappa shape index (κ3) is 3.43. The van der Waals surface area contributed by atoms with Crippen LogP contribution in [0.1, 0.15) is 32.1 Å². The normalized spacial score (nSPS) is 24.3. The van der Waals surface area contributed by atoms with Crippen molar-refractivity contribution >= 4 is 10.0 Å². The second-order valence-electron chi connectivity index (χ2n) is 4.73. The van der Waals surface area contributed by atoms with Crippen LogP contribution < -0.4 is 10.0 Å². The van der Waals surface area contributed by atoms with E-state index >= 15 is 0 Å². The van der Waals surface area contributed by atoms with Crippen molar-refractivity contribution in [2.24, 2.45) is 5.92 Å². The molecule has 2 rings (SSSR count). The van der Waals surface area contributed by atoms with Gasteiger partial charge in [-0.3, -0.25) is 0 Å². The molecule has 0 aromatic rings. The van der Waals surface area contributed by atoms with Crippen molar-refractivity contribution < 1.29 is 8.42 Å². The lowest BCUT2D eigenvalue weighted by atomic mass is 10.0. The molecule has 0 radical (unpaired) electrons. The van der Waals surface area contributed by atoms with Crippen LogP contribution in [0.4, 0.5) is 0 Å². The minimum Gasteiger partial charge on any atom is -0.316 e. The Kier molecular flexibility index (Phi) is 3.64. The van der Waals surface area contributed by atoms with Gasteiger partial charge >= 0.3 is 0 Å². The summed E-state index contributed by atoms with van der Waals surface area (Å²) in [5, 5.41) is 3.16. The number of sulfonamides is 1. The molecule has 2 N–H and O–H groups in total. The minimum absolute atomic E-state index is 0.217. The van der Waals surface area contributed by atoms with Gasteiger partial charge in [0, 0.05) is 6.04 Å². The minimum atomic E-state index is -3.01. The van der Waals surface area contributed by atoms with Crippen molar-refractivity contribution in [3.8, 4) is 0 Å². The van der Waals surface area contributed by atoms with E-state index in [0.717, 1.165) is 32.4 Å². The van der Waals surface area contributed by atoms with Crippen LogP contribution in [-0.4, -0.2) is 33.3 Å². The standard InChI is InChI=1S/C10H20N2O2S/c13-15(14,6-5-9-7-11-8-9)12-10-3-1-2-4-10/h9-12H,1-8H2. The fourth-order valence-corrected chi connectivity index (χ4v) is 3.74. The average Bonchev–Trinajstić information content (AvgIpc) is 2.52. The van der Waals surface area contributed by atoms with E-state index < -0.39 is 10.0 Å². The van der Waals surface area contributed by atoms with Gasteiger partial charge in [0.1, 0.15) is 0 Å². The Hall–Kier alpha value is -0.130. The highest BCUT2D eigenvalue weighted by Gasteiger charge is 2.24. The summed E-state index contributed by atoms with van der Waals surface area (Å²) in [6.45, 7) is 1.97. The Morgan fingerprint density at radius 1 is 1.20 bits per heavy atom. The van der Waals surface area contributed by atoms with Crippen LogP contribution in [0.5, 0.6) is 0 Å². The predicted molar refractivity (Wildman–Crippen MR) is 60.2 cm³/mol. The molecular formula is C10H20N2O2S. The molecule has 88 valence electrons. The van der Waals surface area contributed by atoms with Gasteiger partial charge in [-0.15, -0.1) is 0 Å². The fourth-order valence-electron chi connectivity index (χ4n) is 2.23. The van der Waals surface area contributed by atoms with Crippen LogP contribution in [0.2, 0.25) is 0 Å². The van der Waals surface area contributed by atoms with Gasteiger partial charge in [-0.05, 0) is 38.3 Å². The lowest BCUT2D eigenvalue weighted by Gasteiger charge is -2.27. The van der Waals surface area contributed by atoms with Gasteiger partial charge in [-0.1, -0.05) is 12.8 Å². The van der Waals surface area contributed by atoms with Gasteiger partial charge in [-0.2, -0.15) is 0 Å². The van der Waals surface area contributed by atoms with Gasteiger partial charge in [-0.25, -0.2) is 13.1 Å². The molecule has 1 aliphatic heterocycles. The highest BCUT2D eigenvalue weighted by Crippen LogP contribution is 2.19. The van der Waals surface area contributed by atoms with Crippen LogP contribution in [0.3, 0.4) is 0 Å². The second-order valence-corrected chi connectivity index (χ2v) is 6.60. The van der Waals surface area contributed by atoms with Crippen molar-refractivity contribution in [1.29, 1.82) is 0 Å². The van der Waals surface area contributed by atoms with Gasteiger partial charge in [0.2, 0.25) is 10.0 Å². The highest BCUT2D eigenvalue weighted by atomic mass is 32.2. The summed E-state index contributed by atoms with van der Waals surface area (Å²) < 4.78 is 26.2. The van der Waals surface area contributed by atoms with Crippen molar-refractivity contribution in [3.63, 3.8) is 0 Å². The molecule has 0 aromatic carbocycles. The lowest BCUT2D eigenvalue weighted by molar-refractivity contribution is 0.338. The number of nitrogens with one attached hydrogen (secondary N) is 2. The smallest absolute Gasteiger partial charge is 0.211 e. The number of hydrogen-bond acceptors (Lipinski definition) is 3. The average molecular weight is 232 g/mol. The zero-order chi connectivity index (χ0) is 10.7. The van der Waals surface area contributed by atoms with Crippen LogP contribution >= 0.6 is 0 Å². The van der Waals surface area contributed by atoms with E-state index in [1.54, 1.807) is 0 Å². The third-order valence-corrected chi connectivity index (χ3v) is 4.83. The van der Waals surface area contributed by atoms with E-state index in [0.29, 0.717) is 11.7 Å². The third-order valence-electron chi connectivity index (χ3n) is 3.36. The largest absolute Gasteiger partial charge is 0.316 e. The molecule has 0 amide bonds. The van der Waals surface area contributed by atoms with E-state index in [9.17, 15) is 8.42 Å². The van der Waals surface area contributed by atoms with Crippen LogP contribution in [-0.2, 0) is 10.0 Å². The maximum atomic E-state index is 11.7. The molecule has 15 heavy (non-hydrogen) atoms. The van der Waals surface area contributed by atoms with Crippen molar-refractivity contribution in [3.05, 3.63) is 0 Å². The summed E-state index contributed by atoms with van der Waals surface area (Å²) >= 11 is 0. The van der Waals surface area contributed by atoms with Gasteiger partial charge in [0.05, 0.1) is 5.75 Å². The zero-order valence-corrected chi connectivity index (χ0v) is 9.85. The Labute approximate surface area is 91.9 Å². The monoisotopic (exact) mass is 232 g/mol. The molecule has 4 nitrogen and oxygen atoms in total. The summed E-state index contributed by atoms with van der Waals surface area (Å²) in [5.74, 6) is 0.876. The summed E-state index contributed by atoms with van der Waals surface area (Å²) in [5.41, 5.74) is 0.